The number of carboxylic acids is 1. The van der Waals surface area contributed by atoms with Crippen LogP contribution in [0.3, 0.4) is 0 Å². The first-order valence-corrected chi connectivity index (χ1v) is 9.69. The van der Waals surface area contributed by atoms with E-state index in [0.717, 1.165) is 23.9 Å². The van der Waals surface area contributed by atoms with Gasteiger partial charge in [-0.25, -0.2) is 0 Å². The van der Waals surface area contributed by atoms with Crippen LogP contribution in [-0.4, -0.2) is 24.2 Å². The van der Waals surface area contributed by atoms with Gasteiger partial charge < -0.3 is 10.4 Å². The number of fused-ring (bicyclic) bond motifs is 1. The van der Waals surface area contributed by atoms with E-state index in [0.29, 0.717) is 6.54 Å². The second-order valence-corrected chi connectivity index (χ2v) is 8.60. The molecule has 0 aromatic heterocycles. The molecule has 2 aromatic rings. The monoisotopic (exact) mass is 433 g/mol. The van der Waals surface area contributed by atoms with Crippen LogP contribution in [0.4, 0.5) is 0 Å². The molecule has 2 fully saturated rings. The standard InChI is InChI=1S/C21H20BrNO2.ClH/c22-14-7-5-13(6-8-14)20-10-9-17(15-3-1-2-4-16(15)20)21(19(24)25)12-23-11-18(20)21;/h1-8,17-18,23H,9-12H2,(H,24,25);1H. The van der Waals surface area contributed by atoms with E-state index in [1.807, 2.05) is 0 Å². The van der Waals surface area contributed by atoms with Crippen molar-refractivity contribution >= 4 is 34.3 Å². The SMILES string of the molecule is Cl.O=C(O)C12CNCC1C1(c3ccc(Br)cc3)CCC2c2ccccc21. The number of halogens is 2. The van der Waals surface area contributed by atoms with Gasteiger partial charge in [-0.05, 0) is 41.7 Å². The molecule has 3 nitrogen and oxygen atoms in total. The molecule has 0 amide bonds. The van der Waals surface area contributed by atoms with Crippen molar-refractivity contribution in [1.82, 2.24) is 5.32 Å². The van der Waals surface area contributed by atoms with Crippen LogP contribution < -0.4 is 5.32 Å². The second-order valence-electron chi connectivity index (χ2n) is 7.69. The van der Waals surface area contributed by atoms with Gasteiger partial charge in [0.05, 0.1) is 5.41 Å². The molecule has 0 radical (unpaired) electrons. The molecule has 2 aromatic carbocycles. The molecule has 3 aliphatic carbocycles. The minimum absolute atomic E-state index is 0. The van der Waals surface area contributed by atoms with Gasteiger partial charge in [-0.3, -0.25) is 4.79 Å². The normalized spacial score (nSPS) is 33.9. The fourth-order valence-electron chi connectivity index (χ4n) is 6.10. The zero-order valence-electron chi connectivity index (χ0n) is 14.2. The van der Waals surface area contributed by atoms with Crippen molar-refractivity contribution in [2.75, 3.05) is 13.1 Å². The van der Waals surface area contributed by atoms with Crippen molar-refractivity contribution in [3.05, 3.63) is 69.7 Å². The number of benzene rings is 2. The average molecular weight is 435 g/mol. The number of rotatable bonds is 2. The highest BCUT2D eigenvalue weighted by molar-refractivity contribution is 9.10. The molecule has 4 atom stereocenters. The van der Waals surface area contributed by atoms with Crippen molar-refractivity contribution in [3.63, 3.8) is 0 Å². The third-order valence-corrected chi connectivity index (χ3v) is 7.53. The lowest BCUT2D eigenvalue weighted by Crippen LogP contribution is -2.60. The fraction of sp³-hybridized carbons (Fsp3) is 0.381. The van der Waals surface area contributed by atoms with Crippen LogP contribution in [0.25, 0.3) is 0 Å². The molecule has 2 bridgehead atoms. The van der Waals surface area contributed by atoms with E-state index in [1.165, 1.54) is 16.7 Å². The minimum Gasteiger partial charge on any atom is -0.481 e. The predicted octanol–water partition coefficient (Wildman–Crippen LogP) is 4.34. The molecule has 1 saturated heterocycles. The number of hydrogen-bond acceptors (Lipinski definition) is 2. The van der Waals surface area contributed by atoms with Gasteiger partial charge in [0.15, 0.2) is 0 Å². The van der Waals surface area contributed by atoms with Gasteiger partial charge in [-0.15, -0.1) is 12.4 Å². The predicted molar refractivity (Wildman–Crippen MR) is 107 cm³/mol. The molecule has 4 aliphatic rings. The van der Waals surface area contributed by atoms with Gasteiger partial charge in [0, 0.05) is 34.8 Å². The highest BCUT2D eigenvalue weighted by Crippen LogP contribution is 2.67. The molecular formula is C21H21BrClNO2. The fourth-order valence-corrected chi connectivity index (χ4v) is 6.36. The van der Waals surface area contributed by atoms with Gasteiger partial charge in [0.2, 0.25) is 0 Å². The lowest BCUT2D eigenvalue weighted by molar-refractivity contribution is -0.157. The van der Waals surface area contributed by atoms with Gasteiger partial charge >= 0.3 is 5.97 Å². The quantitative estimate of drug-likeness (QED) is 0.739. The lowest BCUT2D eigenvalue weighted by Gasteiger charge is -2.59. The van der Waals surface area contributed by atoms with Crippen molar-refractivity contribution in [2.24, 2.45) is 11.3 Å². The van der Waals surface area contributed by atoms with Crippen molar-refractivity contribution in [1.29, 1.82) is 0 Å². The lowest BCUT2D eigenvalue weighted by atomic mass is 9.42. The topological polar surface area (TPSA) is 49.3 Å². The first-order chi connectivity index (χ1) is 12.1. The molecule has 136 valence electrons. The molecule has 0 spiro atoms. The summed E-state index contributed by atoms with van der Waals surface area (Å²) in [5.74, 6) is -0.436. The van der Waals surface area contributed by atoms with Crippen molar-refractivity contribution in [3.8, 4) is 0 Å². The number of aliphatic carboxylic acids is 1. The summed E-state index contributed by atoms with van der Waals surface area (Å²) >= 11 is 3.53. The molecule has 5 heteroatoms. The second kappa shape index (κ2) is 6.08. The molecule has 6 rings (SSSR count). The Balaban J connectivity index is 0.00000168. The molecule has 2 N–H and O–H groups in total. The van der Waals surface area contributed by atoms with Crippen molar-refractivity contribution < 1.29 is 9.90 Å². The maximum atomic E-state index is 12.5. The Hall–Kier alpha value is -1.36. The molecule has 4 unspecified atom stereocenters. The van der Waals surface area contributed by atoms with E-state index >= 15 is 0 Å². The number of carboxylic acid groups (broad SMARTS) is 1. The van der Waals surface area contributed by atoms with Gasteiger partial charge in [-0.2, -0.15) is 0 Å². The molecule has 1 heterocycles. The summed E-state index contributed by atoms with van der Waals surface area (Å²) in [4.78, 5) is 12.5. The Morgan fingerprint density at radius 2 is 1.88 bits per heavy atom. The summed E-state index contributed by atoms with van der Waals surface area (Å²) in [6.45, 7) is 1.34. The zero-order valence-corrected chi connectivity index (χ0v) is 16.6. The van der Waals surface area contributed by atoms with E-state index in [1.54, 1.807) is 0 Å². The largest absolute Gasteiger partial charge is 0.481 e. The van der Waals surface area contributed by atoms with E-state index < -0.39 is 11.4 Å². The van der Waals surface area contributed by atoms with Gasteiger partial charge in [0.25, 0.3) is 0 Å². The summed E-state index contributed by atoms with van der Waals surface area (Å²) in [6.07, 6.45) is 1.97. The third kappa shape index (κ3) is 2.01. The highest BCUT2D eigenvalue weighted by atomic mass is 79.9. The molecular weight excluding hydrogens is 414 g/mol. The number of hydrogen-bond donors (Lipinski definition) is 2. The third-order valence-electron chi connectivity index (χ3n) is 7.01. The maximum absolute atomic E-state index is 12.5. The van der Waals surface area contributed by atoms with Crippen LogP contribution in [-0.2, 0) is 10.2 Å². The van der Waals surface area contributed by atoms with E-state index in [4.69, 9.17) is 0 Å². The van der Waals surface area contributed by atoms with E-state index in [2.05, 4.69) is 69.8 Å². The Kier molecular flexibility index (Phi) is 4.22. The Labute approximate surface area is 167 Å². The van der Waals surface area contributed by atoms with Crippen molar-refractivity contribution in [2.45, 2.75) is 24.2 Å². The molecule has 26 heavy (non-hydrogen) atoms. The van der Waals surface area contributed by atoms with Crippen LogP contribution in [0.1, 0.15) is 35.4 Å². The average Bonchev–Trinajstić information content (AvgIpc) is 3.11. The Morgan fingerprint density at radius 1 is 1.15 bits per heavy atom. The Morgan fingerprint density at radius 3 is 2.62 bits per heavy atom. The van der Waals surface area contributed by atoms with Crippen LogP contribution in [0.15, 0.2) is 53.0 Å². The summed E-state index contributed by atoms with van der Waals surface area (Å²) in [7, 11) is 0. The van der Waals surface area contributed by atoms with E-state index in [-0.39, 0.29) is 29.7 Å². The van der Waals surface area contributed by atoms with Gasteiger partial charge in [-0.1, -0.05) is 52.3 Å². The molecule has 1 saturated carbocycles. The summed E-state index contributed by atoms with van der Waals surface area (Å²) in [6, 6.07) is 17.1. The first kappa shape index (κ1) is 18.0. The van der Waals surface area contributed by atoms with Crippen LogP contribution in [0, 0.1) is 11.3 Å². The summed E-state index contributed by atoms with van der Waals surface area (Å²) in [5.41, 5.74) is 2.94. The van der Waals surface area contributed by atoms with Crippen LogP contribution in [0.5, 0.6) is 0 Å². The van der Waals surface area contributed by atoms with Crippen LogP contribution in [0.2, 0.25) is 0 Å². The first-order valence-electron chi connectivity index (χ1n) is 8.90. The zero-order chi connectivity index (χ0) is 17.2. The highest BCUT2D eigenvalue weighted by Gasteiger charge is 2.68. The minimum atomic E-state index is -0.695. The maximum Gasteiger partial charge on any atom is 0.311 e. The van der Waals surface area contributed by atoms with Crippen LogP contribution >= 0.6 is 28.3 Å². The van der Waals surface area contributed by atoms with Gasteiger partial charge in [0.1, 0.15) is 0 Å². The Bertz CT molecular complexity index is 871. The number of nitrogens with one attached hydrogen (secondary N) is 1. The smallest absolute Gasteiger partial charge is 0.311 e. The summed E-state index contributed by atoms with van der Waals surface area (Å²) < 4.78 is 1.06. The summed E-state index contributed by atoms with van der Waals surface area (Å²) in [5, 5.41) is 13.7. The van der Waals surface area contributed by atoms with E-state index in [9.17, 15) is 9.90 Å². The number of carbonyl (C=O) groups is 1. The molecule has 1 aliphatic heterocycles.